The van der Waals surface area contributed by atoms with Gasteiger partial charge in [0.05, 0.1) is 0 Å². The van der Waals surface area contributed by atoms with Crippen molar-refractivity contribution >= 4 is 5.78 Å². The van der Waals surface area contributed by atoms with Gasteiger partial charge in [-0.25, -0.2) is 4.39 Å². The number of rotatable bonds is 4. The van der Waals surface area contributed by atoms with E-state index in [0.717, 1.165) is 12.0 Å². The van der Waals surface area contributed by atoms with Gasteiger partial charge < -0.3 is 4.79 Å². The summed E-state index contributed by atoms with van der Waals surface area (Å²) in [4.78, 5) is 11.0. The van der Waals surface area contributed by atoms with Crippen LogP contribution >= 0.6 is 0 Å². The zero-order valence-corrected chi connectivity index (χ0v) is 9.51. The van der Waals surface area contributed by atoms with Crippen molar-refractivity contribution in [3.05, 3.63) is 35.6 Å². The van der Waals surface area contributed by atoms with Crippen molar-refractivity contribution in [3.63, 3.8) is 0 Å². The minimum Gasteiger partial charge on any atom is -0.300 e. The van der Waals surface area contributed by atoms with Gasteiger partial charge in [-0.05, 0) is 36.5 Å². The van der Waals surface area contributed by atoms with Crippen molar-refractivity contribution in [2.24, 2.45) is 5.41 Å². The maximum Gasteiger partial charge on any atom is 0.130 e. The molecule has 0 fully saturated rings. The molecule has 0 aliphatic heterocycles. The van der Waals surface area contributed by atoms with Crippen molar-refractivity contribution in [3.8, 4) is 0 Å². The molecule has 0 amide bonds. The predicted octanol–water partition coefficient (Wildman–Crippen LogP) is 3.37. The van der Waals surface area contributed by atoms with Gasteiger partial charge in [-0.2, -0.15) is 0 Å². The number of hydrogen-bond donors (Lipinski definition) is 0. The first-order chi connectivity index (χ1) is 6.89. The molecule has 0 heterocycles. The molecule has 0 spiro atoms. The fraction of sp³-hybridized carbons (Fsp3) is 0.462. The van der Waals surface area contributed by atoms with Gasteiger partial charge in [-0.3, -0.25) is 0 Å². The van der Waals surface area contributed by atoms with Gasteiger partial charge >= 0.3 is 0 Å². The van der Waals surface area contributed by atoms with Gasteiger partial charge in [-0.15, -0.1) is 0 Å². The third-order valence-electron chi connectivity index (χ3n) is 2.32. The molecule has 0 bridgehead atoms. The molecule has 15 heavy (non-hydrogen) atoms. The van der Waals surface area contributed by atoms with E-state index in [-0.39, 0.29) is 17.0 Å². The van der Waals surface area contributed by atoms with E-state index in [1.807, 2.05) is 0 Å². The van der Waals surface area contributed by atoms with Gasteiger partial charge in [0.25, 0.3) is 0 Å². The Morgan fingerprint density at radius 3 is 2.27 bits per heavy atom. The monoisotopic (exact) mass is 208 g/mol. The lowest BCUT2D eigenvalue weighted by molar-refractivity contribution is -0.118. The summed E-state index contributed by atoms with van der Waals surface area (Å²) < 4.78 is 12.7. The molecule has 0 saturated carbocycles. The quantitative estimate of drug-likeness (QED) is 0.741. The molecule has 1 nitrogen and oxygen atoms in total. The summed E-state index contributed by atoms with van der Waals surface area (Å²) in [6.45, 7) is 5.71. The smallest absolute Gasteiger partial charge is 0.130 e. The van der Waals surface area contributed by atoms with Crippen LogP contribution in [0, 0.1) is 11.2 Å². The van der Waals surface area contributed by atoms with E-state index in [9.17, 15) is 9.18 Å². The summed E-state index contributed by atoms with van der Waals surface area (Å²) in [5.41, 5.74) is 1.02. The van der Waals surface area contributed by atoms with Crippen LogP contribution in [0.4, 0.5) is 4.39 Å². The number of carbonyl (C=O) groups is 1. The summed E-state index contributed by atoms with van der Waals surface area (Å²) in [5, 5.41) is 0. The highest BCUT2D eigenvalue weighted by Crippen LogP contribution is 2.26. The summed E-state index contributed by atoms with van der Waals surface area (Å²) in [7, 11) is 0. The minimum atomic E-state index is -0.219. The summed E-state index contributed by atoms with van der Waals surface area (Å²) in [6.07, 6.45) is 1.36. The number of halogens is 1. The first kappa shape index (κ1) is 11.9. The molecular formula is C13H17FO. The minimum absolute atomic E-state index is 0.0519. The second-order valence-corrected chi connectivity index (χ2v) is 4.85. The van der Waals surface area contributed by atoms with Crippen molar-refractivity contribution in [2.75, 3.05) is 0 Å². The Kier molecular flexibility index (Phi) is 3.61. The predicted molar refractivity (Wildman–Crippen MR) is 59.2 cm³/mol. The van der Waals surface area contributed by atoms with E-state index in [2.05, 4.69) is 13.8 Å². The molecule has 0 radical (unpaired) electrons. The number of ketones is 1. The van der Waals surface area contributed by atoms with Crippen molar-refractivity contribution in [1.29, 1.82) is 0 Å². The van der Waals surface area contributed by atoms with Gasteiger partial charge in [0.15, 0.2) is 0 Å². The zero-order chi connectivity index (χ0) is 11.5. The fourth-order valence-electron chi connectivity index (χ4n) is 1.89. The number of hydrogen-bond acceptors (Lipinski definition) is 1. The lowest BCUT2D eigenvalue weighted by atomic mass is 9.81. The summed E-state index contributed by atoms with van der Waals surface area (Å²) >= 11 is 0. The van der Waals surface area contributed by atoms with Gasteiger partial charge in [0.2, 0.25) is 0 Å². The van der Waals surface area contributed by atoms with Gasteiger partial charge in [0, 0.05) is 6.42 Å². The summed E-state index contributed by atoms with van der Waals surface area (Å²) in [5.74, 6) is -0.0229. The summed E-state index contributed by atoms with van der Waals surface area (Å²) in [6, 6.07) is 6.47. The Morgan fingerprint density at radius 1 is 1.27 bits per heavy atom. The highest BCUT2D eigenvalue weighted by atomic mass is 19.1. The molecule has 0 saturated heterocycles. The lowest BCUT2D eigenvalue weighted by Crippen LogP contribution is -2.18. The van der Waals surface area contributed by atoms with Crippen LogP contribution in [0.15, 0.2) is 24.3 Å². The van der Waals surface area contributed by atoms with Crippen LogP contribution < -0.4 is 0 Å². The van der Waals surface area contributed by atoms with Gasteiger partial charge in [0.1, 0.15) is 11.6 Å². The Morgan fingerprint density at radius 2 is 1.80 bits per heavy atom. The van der Waals surface area contributed by atoms with E-state index < -0.39 is 0 Å². The van der Waals surface area contributed by atoms with Crippen molar-refractivity contribution < 1.29 is 9.18 Å². The second-order valence-electron chi connectivity index (χ2n) is 4.85. The Bertz CT molecular complexity index is 338. The van der Waals surface area contributed by atoms with Crippen LogP contribution in [-0.2, 0) is 11.2 Å². The van der Waals surface area contributed by atoms with E-state index >= 15 is 0 Å². The second kappa shape index (κ2) is 4.56. The molecule has 1 rings (SSSR count). The highest BCUT2D eigenvalue weighted by molar-refractivity contribution is 5.76. The van der Waals surface area contributed by atoms with Crippen LogP contribution in [0.5, 0.6) is 0 Å². The topological polar surface area (TPSA) is 17.1 Å². The molecule has 0 aromatic heterocycles. The molecular weight excluding hydrogens is 191 g/mol. The van der Waals surface area contributed by atoms with E-state index in [4.69, 9.17) is 0 Å². The highest BCUT2D eigenvalue weighted by Gasteiger charge is 2.20. The normalized spacial score (nSPS) is 11.5. The third kappa shape index (κ3) is 4.24. The fourth-order valence-corrected chi connectivity index (χ4v) is 1.89. The number of carbonyl (C=O) groups excluding carboxylic acids is 1. The molecule has 2 heteroatoms. The molecule has 0 unspecified atom stereocenters. The Hall–Kier alpha value is -1.18. The van der Waals surface area contributed by atoms with Crippen LogP contribution in [0.3, 0.4) is 0 Å². The number of Topliss-reactive ketones (excluding diaryl/α,β-unsaturated/α-hetero) is 1. The first-order valence-electron chi connectivity index (χ1n) is 5.13. The average Bonchev–Trinajstić information content (AvgIpc) is 2.06. The SMILES string of the molecule is CC(=O)CC(C)(C)Cc1ccc(F)cc1. The standard InChI is InChI=1S/C13H17FO/c1-10(15)8-13(2,3)9-11-4-6-12(14)7-5-11/h4-7H,8-9H2,1-3H3. The van der Waals surface area contributed by atoms with Crippen LogP contribution in [0.2, 0.25) is 0 Å². The number of benzene rings is 1. The molecule has 0 aliphatic rings. The molecule has 1 aromatic rings. The zero-order valence-electron chi connectivity index (χ0n) is 9.51. The van der Waals surface area contributed by atoms with E-state index in [1.165, 1.54) is 12.1 Å². The maximum atomic E-state index is 12.7. The van der Waals surface area contributed by atoms with Crippen molar-refractivity contribution in [2.45, 2.75) is 33.6 Å². The van der Waals surface area contributed by atoms with Crippen LogP contribution in [-0.4, -0.2) is 5.78 Å². The molecule has 0 atom stereocenters. The van der Waals surface area contributed by atoms with Gasteiger partial charge in [-0.1, -0.05) is 26.0 Å². The maximum absolute atomic E-state index is 12.7. The molecule has 0 N–H and O–H groups in total. The average molecular weight is 208 g/mol. The molecule has 0 aliphatic carbocycles. The van der Waals surface area contributed by atoms with E-state index in [0.29, 0.717) is 6.42 Å². The Balaban J connectivity index is 2.68. The third-order valence-corrected chi connectivity index (χ3v) is 2.32. The Labute approximate surface area is 90.3 Å². The van der Waals surface area contributed by atoms with Crippen molar-refractivity contribution in [1.82, 2.24) is 0 Å². The van der Waals surface area contributed by atoms with Crippen LogP contribution in [0.1, 0.15) is 32.8 Å². The van der Waals surface area contributed by atoms with E-state index in [1.54, 1.807) is 19.1 Å². The lowest BCUT2D eigenvalue weighted by Gasteiger charge is -2.23. The first-order valence-corrected chi connectivity index (χ1v) is 5.13. The molecule has 82 valence electrons. The largest absolute Gasteiger partial charge is 0.300 e. The molecule has 1 aromatic carbocycles. The van der Waals surface area contributed by atoms with Crippen LogP contribution in [0.25, 0.3) is 0 Å².